The highest BCUT2D eigenvalue weighted by Gasteiger charge is 2.19. The molecule has 0 aliphatic heterocycles. The summed E-state index contributed by atoms with van der Waals surface area (Å²) in [4.78, 5) is 35.3. The maximum atomic E-state index is 12.6. The number of esters is 1. The molecule has 188 valence electrons. The van der Waals surface area contributed by atoms with Crippen LogP contribution in [0.2, 0.25) is 0 Å². The third-order valence-corrected chi connectivity index (χ3v) is 5.69. The summed E-state index contributed by atoms with van der Waals surface area (Å²) in [5.41, 5.74) is -0.102. The Hall–Kier alpha value is -4.64. The molecule has 0 spiro atoms. The monoisotopic (exact) mass is 615 g/mol. The zero-order valence-electron chi connectivity index (χ0n) is 19.4. The first-order valence-corrected chi connectivity index (χ1v) is 11.4. The summed E-state index contributed by atoms with van der Waals surface area (Å²) >= 11 is 1.93. The van der Waals surface area contributed by atoms with E-state index in [4.69, 9.17) is 14.2 Å². The number of benzene rings is 3. The van der Waals surface area contributed by atoms with Gasteiger partial charge in [-0.05, 0) is 76.7 Å². The maximum absolute atomic E-state index is 12.6. The predicted octanol–water partition coefficient (Wildman–Crippen LogP) is 4.69. The number of hydrogen-bond acceptors (Lipinski definition) is 9. The normalized spacial score (nSPS) is 10.7. The molecule has 37 heavy (non-hydrogen) atoms. The van der Waals surface area contributed by atoms with Crippen molar-refractivity contribution in [2.45, 2.75) is 0 Å². The van der Waals surface area contributed by atoms with Crippen molar-refractivity contribution in [1.29, 1.82) is 5.26 Å². The number of phenolic OH excluding ortho intramolecular Hbond substituents is 1. The number of aromatic hydroxyl groups is 1. The van der Waals surface area contributed by atoms with Gasteiger partial charge in [-0.25, -0.2) is 4.79 Å². The van der Waals surface area contributed by atoms with Crippen LogP contribution >= 0.6 is 22.6 Å². The SMILES string of the molecule is COc1ccc(C(=O)Oc2c(I)cc(/C=C(/C#N)C(=O)Nc3ccc([N+](=O)[O-])cc3O)cc2OC)cc1. The van der Waals surface area contributed by atoms with E-state index >= 15 is 0 Å². The molecule has 0 saturated heterocycles. The summed E-state index contributed by atoms with van der Waals surface area (Å²) in [6.45, 7) is 0. The van der Waals surface area contributed by atoms with Gasteiger partial charge in [0.25, 0.3) is 11.6 Å². The van der Waals surface area contributed by atoms with Crippen molar-refractivity contribution in [2.24, 2.45) is 0 Å². The van der Waals surface area contributed by atoms with E-state index in [2.05, 4.69) is 5.32 Å². The van der Waals surface area contributed by atoms with Gasteiger partial charge in [0.2, 0.25) is 0 Å². The fourth-order valence-electron chi connectivity index (χ4n) is 3.05. The molecule has 0 aliphatic rings. The zero-order valence-corrected chi connectivity index (χ0v) is 21.5. The average Bonchev–Trinajstić information content (AvgIpc) is 2.89. The highest BCUT2D eigenvalue weighted by molar-refractivity contribution is 14.1. The maximum Gasteiger partial charge on any atom is 0.343 e. The van der Waals surface area contributed by atoms with Gasteiger partial charge in [-0.3, -0.25) is 14.9 Å². The van der Waals surface area contributed by atoms with Crippen LogP contribution < -0.4 is 19.5 Å². The molecule has 3 aromatic rings. The minimum atomic E-state index is -0.851. The number of carbonyl (C=O) groups is 2. The number of hydrogen-bond donors (Lipinski definition) is 2. The first-order chi connectivity index (χ1) is 17.7. The number of methoxy groups -OCH3 is 2. The largest absolute Gasteiger partial charge is 0.506 e. The number of nitro groups is 1. The van der Waals surface area contributed by atoms with Gasteiger partial charge in [-0.2, -0.15) is 5.26 Å². The third kappa shape index (κ3) is 6.53. The van der Waals surface area contributed by atoms with Crippen LogP contribution in [0.3, 0.4) is 0 Å². The van der Waals surface area contributed by atoms with E-state index in [1.807, 2.05) is 22.6 Å². The molecule has 11 nitrogen and oxygen atoms in total. The van der Waals surface area contributed by atoms with Gasteiger partial charge in [-0.1, -0.05) is 0 Å². The van der Waals surface area contributed by atoms with Crippen LogP contribution in [0.5, 0.6) is 23.0 Å². The molecule has 0 heterocycles. The second kappa shape index (κ2) is 11.9. The van der Waals surface area contributed by atoms with Gasteiger partial charge in [0, 0.05) is 6.07 Å². The Kier molecular flexibility index (Phi) is 8.64. The van der Waals surface area contributed by atoms with Crippen LogP contribution in [0.15, 0.2) is 60.2 Å². The van der Waals surface area contributed by atoms with E-state index in [1.165, 1.54) is 26.4 Å². The second-order valence-corrected chi connectivity index (χ2v) is 8.40. The molecule has 0 saturated carbocycles. The smallest absolute Gasteiger partial charge is 0.343 e. The molecule has 0 radical (unpaired) electrons. The van der Waals surface area contributed by atoms with Gasteiger partial charge < -0.3 is 24.6 Å². The van der Waals surface area contributed by atoms with Crippen molar-refractivity contribution in [3.8, 4) is 29.1 Å². The lowest BCUT2D eigenvalue weighted by Gasteiger charge is -2.13. The molecule has 0 unspecified atom stereocenters. The molecule has 3 rings (SSSR count). The molecule has 0 bridgehead atoms. The topological polar surface area (TPSA) is 161 Å². The summed E-state index contributed by atoms with van der Waals surface area (Å²) < 4.78 is 16.4. The van der Waals surface area contributed by atoms with Gasteiger partial charge in [0.05, 0.1) is 40.0 Å². The highest BCUT2D eigenvalue weighted by Crippen LogP contribution is 2.35. The van der Waals surface area contributed by atoms with Crippen LogP contribution in [0, 0.1) is 25.0 Å². The van der Waals surface area contributed by atoms with Crippen LogP contribution in [0.1, 0.15) is 15.9 Å². The molecule has 0 atom stereocenters. The van der Waals surface area contributed by atoms with E-state index in [1.54, 1.807) is 36.4 Å². The van der Waals surface area contributed by atoms with Crippen LogP contribution in [0.4, 0.5) is 11.4 Å². The average molecular weight is 615 g/mol. The first kappa shape index (κ1) is 27.0. The molecule has 2 N–H and O–H groups in total. The molecule has 0 aromatic heterocycles. The quantitative estimate of drug-likeness (QED) is 0.0536. The number of non-ortho nitro benzene ring substituents is 1. The van der Waals surface area contributed by atoms with Crippen molar-refractivity contribution in [3.63, 3.8) is 0 Å². The second-order valence-electron chi connectivity index (χ2n) is 7.23. The number of amides is 1. The number of ether oxygens (including phenoxy) is 3. The Morgan fingerprint density at radius 1 is 1.11 bits per heavy atom. The minimum Gasteiger partial charge on any atom is -0.506 e. The summed E-state index contributed by atoms with van der Waals surface area (Å²) in [7, 11) is 2.89. The molecule has 1 amide bonds. The number of nitriles is 1. The van der Waals surface area contributed by atoms with Crippen molar-refractivity contribution < 1.29 is 33.8 Å². The summed E-state index contributed by atoms with van der Waals surface area (Å²) in [5.74, 6) is -1.08. The number of anilines is 1. The van der Waals surface area contributed by atoms with Gasteiger partial charge in [0.1, 0.15) is 23.1 Å². The summed E-state index contributed by atoms with van der Waals surface area (Å²) in [5, 5.41) is 32.6. The van der Waals surface area contributed by atoms with E-state index in [9.17, 15) is 30.1 Å². The van der Waals surface area contributed by atoms with Crippen molar-refractivity contribution in [3.05, 3.63) is 85.0 Å². The predicted molar refractivity (Wildman–Crippen MR) is 141 cm³/mol. The lowest BCUT2D eigenvalue weighted by molar-refractivity contribution is -0.384. The lowest BCUT2D eigenvalue weighted by atomic mass is 10.1. The molecular weight excluding hydrogens is 597 g/mol. The minimum absolute atomic E-state index is 0.107. The standard InChI is InChI=1S/C25H18IN3O8/c1-35-18-6-3-15(4-7-18)25(32)37-23-19(26)10-14(11-22(23)36-2)9-16(13-27)24(31)28-20-8-5-17(29(33)34)12-21(20)30/h3-12,30H,1-2H3,(H,28,31)/b16-9-. The Bertz CT molecular complexity index is 1450. The first-order valence-electron chi connectivity index (χ1n) is 10.3. The van der Waals surface area contributed by atoms with Gasteiger partial charge in [-0.15, -0.1) is 0 Å². The zero-order chi connectivity index (χ0) is 27.1. The third-order valence-electron chi connectivity index (χ3n) is 4.89. The van der Waals surface area contributed by atoms with Crippen molar-refractivity contribution in [1.82, 2.24) is 0 Å². The van der Waals surface area contributed by atoms with Gasteiger partial charge >= 0.3 is 5.97 Å². The number of nitro benzene ring substituents is 1. The summed E-state index contributed by atoms with van der Waals surface area (Å²) in [6, 6.07) is 14.3. The Balaban J connectivity index is 1.84. The van der Waals surface area contributed by atoms with Crippen LogP contribution in [-0.4, -0.2) is 36.1 Å². The van der Waals surface area contributed by atoms with E-state index in [0.29, 0.717) is 20.4 Å². The number of nitrogens with one attached hydrogen (secondary N) is 1. The number of rotatable bonds is 8. The van der Waals surface area contributed by atoms with Crippen molar-refractivity contribution >= 4 is 51.9 Å². The Labute approximate surface area is 224 Å². The van der Waals surface area contributed by atoms with Gasteiger partial charge in [0.15, 0.2) is 11.5 Å². The fourth-order valence-corrected chi connectivity index (χ4v) is 3.78. The Morgan fingerprint density at radius 2 is 1.81 bits per heavy atom. The van der Waals surface area contributed by atoms with Crippen LogP contribution in [0.25, 0.3) is 6.08 Å². The lowest BCUT2D eigenvalue weighted by Crippen LogP contribution is -2.13. The molecular formula is C25H18IN3O8. The molecule has 3 aromatic carbocycles. The number of nitrogens with zero attached hydrogens (tertiary/aromatic N) is 2. The number of halogens is 1. The highest BCUT2D eigenvalue weighted by atomic mass is 127. The number of carbonyl (C=O) groups excluding carboxylic acids is 2. The fraction of sp³-hybridized carbons (Fsp3) is 0.0800. The summed E-state index contributed by atoms with van der Waals surface area (Å²) in [6.07, 6.45) is 1.28. The van der Waals surface area contributed by atoms with Crippen LogP contribution in [-0.2, 0) is 4.79 Å². The molecule has 12 heteroatoms. The van der Waals surface area contributed by atoms with Crippen molar-refractivity contribution in [2.75, 3.05) is 19.5 Å². The molecule has 0 fully saturated rings. The van der Waals surface area contributed by atoms with E-state index in [0.717, 1.165) is 18.2 Å². The van der Waals surface area contributed by atoms with E-state index in [-0.39, 0.29) is 28.4 Å². The molecule has 0 aliphatic carbocycles. The van der Waals surface area contributed by atoms with E-state index < -0.39 is 22.5 Å². The Morgan fingerprint density at radius 3 is 2.38 bits per heavy atom. The number of phenols is 1.